The smallest absolute Gasteiger partial charge is 0.412 e. The van der Waals surface area contributed by atoms with E-state index in [1.165, 1.54) is 44.9 Å². The third-order valence-corrected chi connectivity index (χ3v) is 4.38. The molecule has 1 aliphatic carbocycles. The minimum absolute atomic E-state index is 0.436. The quantitative estimate of drug-likeness (QED) is 0.683. The lowest BCUT2D eigenvalue weighted by Crippen LogP contribution is -2.28. The number of carbonyl (C=O) groups is 1. The molecule has 0 heterocycles. The number of amides is 1. The second-order valence-electron chi connectivity index (χ2n) is 7.82. The molecule has 2 rings (SSSR count). The van der Waals surface area contributed by atoms with Crippen LogP contribution in [0.3, 0.4) is 0 Å². The van der Waals surface area contributed by atoms with Gasteiger partial charge in [0.05, 0.1) is 11.4 Å². The van der Waals surface area contributed by atoms with Crippen molar-refractivity contribution in [2.24, 2.45) is 0 Å². The van der Waals surface area contributed by atoms with Gasteiger partial charge in [-0.2, -0.15) is 0 Å². The lowest BCUT2D eigenvalue weighted by atomic mass is 9.96. The van der Waals surface area contributed by atoms with Gasteiger partial charge in [-0.05, 0) is 51.3 Å². The molecule has 1 aromatic rings. The molecule has 4 nitrogen and oxygen atoms in total. The van der Waals surface area contributed by atoms with Crippen LogP contribution in [0, 0.1) is 0 Å². The Bertz CT molecular complexity index is 582. The molecule has 0 unspecified atom stereocenters. The minimum atomic E-state index is -0.521. The SMILES string of the molecule is C=Cc1ccc(NC2CCCCCCC2)c(NC(=O)OC(C)(C)C)c1. The summed E-state index contributed by atoms with van der Waals surface area (Å²) in [6.45, 7) is 9.40. The van der Waals surface area contributed by atoms with Crippen LogP contribution in [-0.2, 0) is 4.74 Å². The molecule has 1 saturated carbocycles. The molecule has 0 spiro atoms. The number of carbonyl (C=O) groups excluding carboxylic acids is 1. The molecule has 2 N–H and O–H groups in total. The minimum Gasteiger partial charge on any atom is -0.444 e. The van der Waals surface area contributed by atoms with Crippen molar-refractivity contribution < 1.29 is 9.53 Å². The van der Waals surface area contributed by atoms with Crippen LogP contribution in [0.1, 0.15) is 71.3 Å². The van der Waals surface area contributed by atoms with E-state index >= 15 is 0 Å². The Labute approximate surface area is 152 Å². The fourth-order valence-electron chi connectivity index (χ4n) is 3.15. The molecular weight excluding hydrogens is 312 g/mol. The topological polar surface area (TPSA) is 50.4 Å². The zero-order valence-corrected chi connectivity index (χ0v) is 15.9. The van der Waals surface area contributed by atoms with Crippen molar-refractivity contribution in [3.63, 3.8) is 0 Å². The van der Waals surface area contributed by atoms with E-state index < -0.39 is 11.7 Å². The predicted octanol–water partition coefficient (Wildman–Crippen LogP) is 6.20. The fourth-order valence-corrected chi connectivity index (χ4v) is 3.15. The monoisotopic (exact) mass is 344 g/mol. The maximum absolute atomic E-state index is 12.2. The van der Waals surface area contributed by atoms with Crippen LogP contribution in [0.25, 0.3) is 6.08 Å². The number of ether oxygens (including phenoxy) is 1. The largest absolute Gasteiger partial charge is 0.444 e. The highest BCUT2D eigenvalue weighted by molar-refractivity contribution is 5.90. The summed E-state index contributed by atoms with van der Waals surface area (Å²) in [5.41, 5.74) is 2.14. The standard InChI is InChI=1S/C21H32N2O2/c1-5-16-13-14-18(22-17-11-9-7-6-8-10-12-17)19(15-16)23-20(24)25-21(2,3)4/h5,13-15,17,22H,1,6-12H2,2-4H3,(H,23,24). The number of nitrogens with one attached hydrogen (secondary N) is 2. The summed E-state index contributed by atoms with van der Waals surface area (Å²) in [4.78, 5) is 12.2. The van der Waals surface area contributed by atoms with Gasteiger partial charge in [-0.1, -0.05) is 50.8 Å². The number of anilines is 2. The molecule has 1 aliphatic rings. The van der Waals surface area contributed by atoms with Crippen molar-refractivity contribution in [3.8, 4) is 0 Å². The van der Waals surface area contributed by atoms with Crippen molar-refractivity contribution >= 4 is 23.5 Å². The number of hydrogen-bond acceptors (Lipinski definition) is 3. The third-order valence-electron chi connectivity index (χ3n) is 4.38. The molecule has 1 fully saturated rings. The molecule has 0 radical (unpaired) electrons. The Morgan fingerprint density at radius 2 is 1.76 bits per heavy atom. The Morgan fingerprint density at radius 1 is 1.12 bits per heavy atom. The summed E-state index contributed by atoms with van der Waals surface area (Å²) >= 11 is 0. The van der Waals surface area contributed by atoms with Crippen LogP contribution in [0.5, 0.6) is 0 Å². The Hall–Kier alpha value is -1.97. The molecule has 0 atom stereocenters. The van der Waals surface area contributed by atoms with E-state index in [-0.39, 0.29) is 0 Å². The zero-order chi connectivity index (χ0) is 18.3. The molecule has 4 heteroatoms. The Balaban J connectivity index is 2.13. The van der Waals surface area contributed by atoms with Crippen molar-refractivity contribution in [3.05, 3.63) is 30.3 Å². The van der Waals surface area contributed by atoms with Gasteiger partial charge in [0.15, 0.2) is 0 Å². The lowest BCUT2D eigenvalue weighted by molar-refractivity contribution is 0.0636. The average molecular weight is 344 g/mol. The molecule has 25 heavy (non-hydrogen) atoms. The predicted molar refractivity (Wildman–Crippen MR) is 106 cm³/mol. The first-order valence-electron chi connectivity index (χ1n) is 9.40. The summed E-state index contributed by atoms with van der Waals surface area (Å²) < 4.78 is 5.39. The van der Waals surface area contributed by atoms with Gasteiger partial charge in [0, 0.05) is 6.04 Å². The summed E-state index contributed by atoms with van der Waals surface area (Å²) in [5, 5.41) is 6.52. The molecule has 1 aromatic carbocycles. The lowest BCUT2D eigenvalue weighted by Gasteiger charge is -2.25. The third kappa shape index (κ3) is 6.81. The molecule has 0 aromatic heterocycles. The molecule has 0 bridgehead atoms. The molecule has 138 valence electrons. The van der Waals surface area contributed by atoms with E-state index in [1.54, 1.807) is 6.08 Å². The summed E-state index contributed by atoms with van der Waals surface area (Å²) in [5.74, 6) is 0. The van der Waals surface area contributed by atoms with E-state index in [4.69, 9.17) is 4.74 Å². The first kappa shape index (κ1) is 19.4. The summed E-state index contributed by atoms with van der Waals surface area (Å²) in [6, 6.07) is 6.41. The van der Waals surface area contributed by atoms with Gasteiger partial charge in [0.1, 0.15) is 5.60 Å². The average Bonchev–Trinajstić information content (AvgIpc) is 2.49. The van der Waals surface area contributed by atoms with Crippen LogP contribution in [0.4, 0.5) is 16.2 Å². The summed E-state index contributed by atoms with van der Waals surface area (Å²) in [6.07, 6.45) is 10.2. The van der Waals surface area contributed by atoms with E-state index in [0.29, 0.717) is 6.04 Å². The summed E-state index contributed by atoms with van der Waals surface area (Å²) in [7, 11) is 0. The van der Waals surface area contributed by atoms with Crippen LogP contribution >= 0.6 is 0 Å². The Morgan fingerprint density at radius 3 is 2.36 bits per heavy atom. The van der Waals surface area contributed by atoms with Crippen molar-refractivity contribution in [1.82, 2.24) is 0 Å². The fraction of sp³-hybridized carbons (Fsp3) is 0.571. The first-order valence-corrected chi connectivity index (χ1v) is 9.40. The van der Waals surface area contributed by atoms with Crippen LogP contribution < -0.4 is 10.6 Å². The number of rotatable bonds is 4. The highest BCUT2D eigenvalue weighted by atomic mass is 16.6. The first-order chi connectivity index (χ1) is 11.9. The van der Waals surface area contributed by atoms with Crippen molar-refractivity contribution in [2.45, 2.75) is 77.4 Å². The zero-order valence-electron chi connectivity index (χ0n) is 15.9. The van der Waals surface area contributed by atoms with Gasteiger partial charge in [-0.25, -0.2) is 4.79 Å². The second-order valence-corrected chi connectivity index (χ2v) is 7.82. The van der Waals surface area contributed by atoms with E-state index in [1.807, 2.05) is 39.0 Å². The van der Waals surface area contributed by atoms with Crippen LogP contribution in [-0.4, -0.2) is 17.7 Å². The van der Waals surface area contributed by atoms with Crippen molar-refractivity contribution in [2.75, 3.05) is 10.6 Å². The normalized spacial score (nSPS) is 16.4. The van der Waals surface area contributed by atoms with Crippen molar-refractivity contribution in [1.29, 1.82) is 0 Å². The maximum Gasteiger partial charge on any atom is 0.412 e. The van der Waals surface area contributed by atoms with Gasteiger partial charge < -0.3 is 10.1 Å². The van der Waals surface area contributed by atoms with E-state index in [0.717, 1.165) is 16.9 Å². The number of hydrogen-bond donors (Lipinski definition) is 2. The molecule has 0 saturated heterocycles. The number of benzene rings is 1. The molecular formula is C21H32N2O2. The highest BCUT2D eigenvalue weighted by Gasteiger charge is 2.18. The van der Waals surface area contributed by atoms with E-state index in [2.05, 4.69) is 17.2 Å². The van der Waals surface area contributed by atoms with Gasteiger partial charge >= 0.3 is 6.09 Å². The Kier molecular flexibility index (Phi) is 6.91. The molecule has 1 amide bonds. The maximum atomic E-state index is 12.2. The van der Waals surface area contributed by atoms with E-state index in [9.17, 15) is 4.79 Å². The highest BCUT2D eigenvalue weighted by Crippen LogP contribution is 2.28. The van der Waals surface area contributed by atoms with Crippen LogP contribution in [0.15, 0.2) is 24.8 Å². The molecule has 0 aliphatic heterocycles. The van der Waals surface area contributed by atoms with Gasteiger partial charge in [-0.3, -0.25) is 5.32 Å². The van der Waals surface area contributed by atoms with Crippen LogP contribution in [0.2, 0.25) is 0 Å². The van der Waals surface area contributed by atoms with Gasteiger partial charge in [0.25, 0.3) is 0 Å². The van der Waals surface area contributed by atoms with Gasteiger partial charge in [0.2, 0.25) is 0 Å². The second kappa shape index (κ2) is 8.93. The van der Waals surface area contributed by atoms with Gasteiger partial charge in [-0.15, -0.1) is 0 Å².